The molecule has 1 aromatic carbocycles. The summed E-state index contributed by atoms with van der Waals surface area (Å²) in [7, 11) is 0. The van der Waals surface area contributed by atoms with Gasteiger partial charge in [0.05, 0.1) is 12.6 Å². The molecule has 0 spiro atoms. The summed E-state index contributed by atoms with van der Waals surface area (Å²) < 4.78 is 10.2. The first-order valence-corrected chi connectivity index (χ1v) is 11.2. The van der Waals surface area contributed by atoms with E-state index >= 15 is 0 Å². The van der Waals surface area contributed by atoms with Gasteiger partial charge in [0.2, 0.25) is 5.13 Å². The summed E-state index contributed by atoms with van der Waals surface area (Å²) in [6.45, 7) is 9.54. The minimum Gasteiger partial charge on any atom is -0.369 e. The Bertz CT molecular complexity index is 814. The number of rotatable bonds is 5. The van der Waals surface area contributed by atoms with Crippen LogP contribution in [0.1, 0.15) is 18.7 Å². The van der Waals surface area contributed by atoms with Crippen LogP contribution in [-0.2, 0) is 4.74 Å². The fraction of sp³-hybridized carbons (Fsp3) is 0.545. The first-order chi connectivity index (χ1) is 14.3. The van der Waals surface area contributed by atoms with Crippen LogP contribution in [0.15, 0.2) is 30.3 Å². The fourth-order valence-electron chi connectivity index (χ4n) is 3.81. The van der Waals surface area contributed by atoms with Crippen molar-refractivity contribution in [1.29, 1.82) is 0 Å². The highest BCUT2D eigenvalue weighted by Gasteiger charge is 2.21. The van der Waals surface area contributed by atoms with Gasteiger partial charge in [0, 0.05) is 56.5 Å². The molecule has 29 heavy (non-hydrogen) atoms. The Morgan fingerprint density at radius 1 is 1.00 bits per heavy atom. The van der Waals surface area contributed by atoms with E-state index in [9.17, 15) is 0 Å². The van der Waals surface area contributed by atoms with Gasteiger partial charge in [-0.15, -0.1) is 0 Å². The van der Waals surface area contributed by atoms with E-state index in [4.69, 9.17) is 4.74 Å². The van der Waals surface area contributed by atoms with Gasteiger partial charge in [-0.25, -0.2) is 4.98 Å². The monoisotopic (exact) mass is 411 g/mol. The van der Waals surface area contributed by atoms with Crippen molar-refractivity contribution in [3.63, 3.8) is 0 Å². The zero-order valence-corrected chi connectivity index (χ0v) is 17.9. The van der Waals surface area contributed by atoms with E-state index in [1.54, 1.807) is 0 Å². The number of benzene rings is 1. The second-order valence-corrected chi connectivity index (χ2v) is 8.30. The number of piperazine rings is 1. The predicted molar refractivity (Wildman–Crippen MR) is 119 cm³/mol. The Morgan fingerprint density at radius 2 is 1.76 bits per heavy atom. The van der Waals surface area contributed by atoms with Gasteiger partial charge >= 0.3 is 0 Å². The molecule has 0 radical (unpaired) electrons. The van der Waals surface area contributed by atoms with E-state index in [1.807, 2.05) is 6.92 Å². The summed E-state index contributed by atoms with van der Waals surface area (Å²) >= 11 is 1.49. The number of aromatic nitrogens is 2. The minimum atomic E-state index is 0.309. The molecule has 0 atom stereocenters. The third kappa shape index (κ3) is 5.69. The van der Waals surface area contributed by atoms with Gasteiger partial charge in [-0.05, 0) is 31.9 Å². The quantitative estimate of drug-likeness (QED) is 0.705. The number of hydrogen-bond donors (Lipinski definition) is 0. The molecule has 6 nitrogen and oxygen atoms in total. The van der Waals surface area contributed by atoms with Gasteiger partial charge in [0.1, 0.15) is 12.4 Å². The number of piperidine rings is 1. The molecule has 2 saturated heterocycles. The SMILES string of the molecule is Cc1nsc(N2CCC(OCC#CCN3CCN(c4ccccc4)CC3)CC2)n1. The van der Waals surface area contributed by atoms with Crippen molar-refractivity contribution in [2.45, 2.75) is 25.9 Å². The number of nitrogens with zero attached hydrogens (tertiary/aromatic N) is 5. The highest BCUT2D eigenvalue weighted by molar-refractivity contribution is 7.09. The molecule has 0 amide bonds. The Labute approximate surface area is 177 Å². The van der Waals surface area contributed by atoms with E-state index in [0.29, 0.717) is 12.7 Å². The maximum Gasteiger partial charge on any atom is 0.205 e. The Balaban J connectivity index is 1.11. The molecule has 0 aliphatic carbocycles. The summed E-state index contributed by atoms with van der Waals surface area (Å²) in [4.78, 5) is 11.7. The van der Waals surface area contributed by atoms with Crippen molar-refractivity contribution >= 4 is 22.4 Å². The van der Waals surface area contributed by atoms with Gasteiger partial charge in [0.15, 0.2) is 0 Å². The summed E-state index contributed by atoms with van der Waals surface area (Å²) in [6, 6.07) is 10.7. The predicted octanol–water partition coefficient (Wildman–Crippen LogP) is 2.66. The van der Waals surface area contributed by atoms with E-state index in [2.05, 4.69) is 66.2 Å². The van der Waals surface area contributed by atoms with Gasteiger partial charge in [-0.2, -0.15) is 4.37 Å². The minimum absolute atomic E-state index is 0.309. The first-order valence-electron chi connectivity index (χ1n) is 10.4. The molecular formula is C22H29N5OS. The third-order valence-electron chi connectivity index (χ3n) is 5.54. The van der Waals surface area contributed by atoms with Crippen LogP contribution in [-0.4, -0.2) is 72.8 Å². The van der Waals surface area contributed by atoms with Gasteiger partial charge in [-0.3, -0.25) is 4.90 Å². The lowest BCUT2D eigenvalue weighted by Gasteiger charge is -2.35. The second-order valence-electron chi connectivity index (χ2n) is 7.57. The molecule has 3 heterocycles. The van der Waals surface area contributed by atoms with E-state index in [0.717, 1.165) is 69.6 Å². The molecule has 2 aromatic rings. The van der Waals surface area contributed by atoms with Crippen LogP contribution >= 0.6 is 11.5 Å². The molecule has 4 rings (SSSR count). The number of aryl methyl sites for hydroxylation is 1. The van der Waals surface area contributed by atoms with Crippen LogP contribution < -0.4 is 9.80 Å². The summed E-state index contributed by atoms with van der Waals surface area (Å²) in [6.07, 6.45) is 2.37. The van der Waals surface area contributed by atoms with Gasteiger partial charge < -0.3 is 14.5 Å². The molecule has 0 N–H and O–H groups in total. The summed E-state index contributed by atoms with van der Waals surface area (Å²) in [5.74, 6) is 7.36. The third-order valence-corrected chi connectivity index (χ3v) is 6.41. The van der Waals surface area contributed by atoms with Crippen LogP contribution in [0, 0.1) is 18.8 Å². The van der Waals surface area contributed by atoms with Gasteiger partial charge in [-0.1, -0.05) is 30.0 Å². The number of ether oxygens (including phenoxy) is 1. The van der Waals surface area contributed by atoms with Gasteiger partial charge in [0.25, 0.3) is 0 Å². The van der Waals surface area contributed by atoms with Crippen LogP contribution in [0.4, 0.5) is 10.8 Å². The molecule has 0 bridgehead atoms. The second kappa shape index (κ2) is 10.1. The first kappa shape index (κ1) is 20.1. The molecule has 2 aliphatic heterocycles. The zero-order valence-electron chi connectivity index (χ0n) is 17.1. The van der Waals surface area contributed by atoms with E-state index in [1.165, 1.54) is 17.2 Å². The highest BCUT2D eigenvalue weighted by atomic mass is 32.1. The molecule has 7 heteroatoms. The summed E-state index contributed by atoms with van der Waals surface area (Å²) in [5.41, 5.74) is 1.32. The lowest BCUT2D eigenvalue weighted by molar-refractivity contribution is 0.0594. The van der Waals surface area contributed by atoms with E-state index in [-0.39, 0.29) is 0 Å². The largest absolute Gasteiger partial charge is 0.369 e. The molecule has 0 saturated carbocycles. The molecular weight excluding hydrogens is 382 g/mol. The van der Waals surface area contributed by atoms with Crippen LogP contribution in [0.5, 0.6) is 0 Å². The van der Waals surface area contributed by atoms with E-state index < -0.39 is 0 Å². The van der Waals surface area contributed by atoms with Crippen molar-refractivity contribution in [3.05, 3.63) is 36.2 Å². The molecule has 0 unspecified atom stereocenters. The van der Waals surface area contributed by atoms with Crippen molar-refractivity contribution < 1.29 is 4.74 Å². The maximum absolute atomic E-state index is 5.98. The number of para-hydroxylation sites is 1. The van der Waals surface area contributed by atoms with Crippen molar-refractivity contribution in [1.82, 2.24) is 14.3 Å². The molecule has 1 aromatic heterocycles. The summed E-state index contributed by atoms with van der Waals surface area (Å²) in [5, 5.41) is 1.04. The Kier molecular flexibility index (Phi) is 6.99. The highest BCUT2D eigenvalue weighted by Crippen LogP contribution is 2.22. The van der Waals surface area contributed by atoms with Crippen LogP contribution in [0.3, 0.4) is 0 Å². The topological polar surface area (TPSA) is 44.7 Å². The molecule has 2 fully saturated rings. The standard InChI is InChI=1S/C22H29N5OS/c1-19-23-22(29-24-19)27-12-9-21(10-13-27)28-18-6-5-11-25-14-16-26(17-15-25)20-7-3-2-4-8-20/h2-4,7-8,21H,9-18H2,1H3. The Hall–Kier alpha value is -2.14. The Morgan fingerprint density at radius 3 is 2.45 bits per heavy atom. The van der Waals surface area contributed by atoms with Crippen molar-refractivity contribution in [3.8, 4) is 11.8 Å². The van der Waals surface area contributed by atoms with Crippen LogP contribution in [0.2, 0.25) is 0 Å². The fourth-order valence-corrected chi connectivity index (χ4v) is 4.54. The molecule has 2 aliphatic rings. The number of hydrogen-bond acceptors (Lipinski definition) is 7. The lowest BCUT2D eigenvalue weighted by Crippen LogP contribution is -2.46. The normalized spacial score (nSPS) is 18.5. The average molecular weight is 412 g/mol. The zero-order chi connectivity index (χ0) is 19.9. The molecule has 154 valence electrons. The van der Waals surface area contributed by atoms with Crippen LogP contribution in [0.25, 0.3) is 0 Å². The van der Waals surface area contributed by atoms with Crippen molar-refractivity contribution in [2.24, 2.45) is 0 Å². The average Bonchev–Trinajstić information content (AvgIpc) is 3.21. The lowest BCUT2D eigenvalue weighted by atomic mass is 10.1. The van der Waals surface area contributed by atoms with Crippen molar-refractivity contribution in [2.75, 3.05) is 62.2 Å². The smallest absolute Gasteiger partial charge is 0.205 e. The number of anilines is 2. The maximum atomic E-state index is 5.98.